The molecule has 1 saturated heterocycles. The van der Waals surface area contributed by atoms with Gasteiger partial charge in [-0.15, -0.1) is 0 Å². The molecule has 0 unspecified atom stereocenters. The fourth-order valence-corrected chi connectivity index (χ4v) is 6.22. The molecule has 8 heteroatoms. The molecule has 1 heterocycles. The van der Waals surface area contributed by atoms with E-state index in [9.17, 15) is 18.0 Å². The third kappa shape index (κ3) is 4.86. The van der Waals surface area contributed by atoms with Gasteiger partial charge in [0.05, 0.1) is 4.90 Å². The van der Waals surface area contributed by atoms with Crippen LogP contribution in [0, 0.1) is 33.6 Å². The van der Waals surface area contributed by atoms with E-state index in [1.54, 1.807) is 25.2 Å². The summed E-state index contributed by atoms with van der Waals surface area (Å²) < 4.78 is 28.0. The van der Waals surface area contributed by atoms with Crippen molar-refractivity contribution in [2.45, 2.75) is 45.4 Å². The maximum Gasteiger partial charge on any atom is 0.251 e. The number of benzene rings is 2. The third-order valence-electron chi connectivity index (χ3n) is 6.01. The van der Waals surface area contributed by atoms with Gasteiger partial charge >= 0.3 is 0 Å². The lowest BCUT2D eigenvalue weighted by Crippen LogP contribution is -2.41. The zero-order valence-corrected chi connectivity index (χ0v) is 20.1. The van der Waals surface area contributed by atoms with Crippen LogP contribution in [0.3, 0.4) is 0 Å². The molecule has 1 fully saturated rings. The molecule has 0 bridgehead atoms. The van der Waals surface area contributed by atoms with Gasteiger partial charge in [0.2, 0.25) is 15.9 Å². The van der Waals surface area contributed by atoms with Crippen molar-refractivity contribution in [1.82, 2.24) is 9.62 Å². The maximum atomic E-state index is 13.3. The Morgan fingerprint density at radius 3 is 2.09 bits per heavy atom. The highest BCUT2D eigenvalue weighted by atomic mass is 32.2. The number of piperidine rings is 1. The van der Waals surface area contributed by atoms with Crippen molar-refractivity contribution in [3.8, 4) is 0 Å². The van der Waals surface area contributed by atoms with Crippen molar-refractivity contribution < 1.29 is 18.0 Å². The molecule has 7 nitrogen and oxygen atoms in total. The number of hydrogen-bond acceptors (Lipinski definition) is 4. The normalized spacial score (nSPS) is 15.4. The van der Waals surface area contributed by atoms with Crippen molar-refractivity contribution in [2.24, 2.45) is 5.92 Å². The summed E-state index contributed by atoms with van der Waals surface area (Å²) >= 11 is 0. The largest absolute Gasteiger partial charge is 0.355 e. The van der Waals surface area contributed by atoms with Crippen molar-refractivity contribution in [2.75, 3.05) is 25.5 Å². The van der Waals surface area contributed by atoms with Crippen LogP contribution in [-0.4, -0.2) is 44.7 Å². The lowest BCUT2D eigenvalue weighted by Gasteiger charge is -2.31. The summed E-state index contributed by atoms with van der Waals surface area (Å²) in [5.74, 6) is -0.660. The molecule has 0 spiro atoms. The van der Waals surface area contributed by atoms with Gasteiger partial charge in [-0.3, -0.25) is 9.59 Å². The minimum atomic E-state index is -3.62. The van der Waals surface area contributed by atoms with E-state index in [0.29, 0.717) is 42.1 Å². The number of nitrogens with zero attached hydrogens (tertiary/aromatic N) is 1. The Bertz CT molecular complexity index is 1130. The number of nitrogens with one attached hydrogen (secondary N) is 2. The second-order valence-corrected chi connectivity index (χ2v) is 10.4. The van der Waals surface area contributed by atoms with Crippen molar-refractivity contribution in [1.29, 1.82) is 0 Å². The molecule has 0 radical (unpaired) electrons. The predicted octanol–water partition coefficient (Wildman–Crippen LogP) is 3.32. The molecule has 2 N–H and O–H groups in total. The lowest BCUT2D eigenvalue weighted by atomic mass is 9.97. The molecule has 2 aromatic carbocycles. The number of carbonyl (C=O) groups excluding carboxylic acids is 2. The fraction of sp³-hybridized carbons (Fsp3) is 0.417. The molecule has 2 amide bonds. The number of anilines is 1. The van der Waals surface area contributed by atoms with Crippen LogP contribution in [-0.2, 0) is 14.8 Å². The highest BCUT2D eigenvalue weighted by Crippen LogP contribution is 2.29. The zero-order chi connectivity index (χ0) is 23.6. The molecule has 172 valence electrons. The monoisotopic (exact) mass is 457 g/mol. The van der Waals surface area contributed by atoms with E-state index < -0.39 is 10.0 Å². The van der Waals surface area contributed by atoms with Crippen LogP contribution in [0.5, 0.6) is 0 Å². The summed E-state index contributed by atoms with van der Waals surface area (Å²) in [6.07, 6.45) is 0.895. The van der Waals surface area contributed by atoms with Crippen molar-refractivity contribution in [3.05, 3.63) is 58.1 Å². The van der Waals surface area contributed by atoms with Crippen molar-refractivity contribution >= 4 is 27.5 Å². The summed E-state index contributed by atoms with van der Waals surface area (Å²) in [4.78, 5) is 25.1. The Balaban J connectivity index is 1.70. The summed E-state index contributed by atoms with van der Waals surface area (Å²) in [7, 11) is -2.06. The Labute approximate surface area is 190 Å². The first-order valence-electron chi connectivity index (χ1n) is 10.8. The van der Waals surface area contributed by atoms with Crippen LogP contribution < -0.4 is 10.6 Å². The van der Waals surface area contributed by atoms with Crippen LogP contribution >= 0.6 is 0 Å². The second kappa shape index (κ2) is 9.42. The standard InChI is InChI=1S/C24H31N3O4S/c1-15-12-17(3)22(18(4)13-15)32(30,31)27-10-8-19(9-11-27)24(29)26-21-14-20(23(28)25-5)7-6-16(21)2/h6-7,12-14,19H,8-11H2,1-5H3,(H,25,28)(H,26,29). The number of rotatable bonds is 5. The van der Waals surface area contributed by atoms with E-state index in [-0.39, 0.29) is 17.7 Å². The fourth-order valence-electron chi connectivity index (χ4n) is 4.34. The quantitative estimate of drug-likeness (QED) is 0.720. The van der Waals surface area contributed by atoms with Crippen LogP contribution in [0.2, 0.25) is 0 Å². The van der Waals surface area contributed by atoms with Crippen LogP contribution in [0.25, 0.3) is 0 Å². The van der Waals surface area contributed by atoms with Gasteiger partial charge in [0.1, 0.15) is 0 Å². The molecular weight excluding hydrogens is 426 g/mol. The lowest BCUT2D eigenvalue weighted by molar-refractivity contribution is -0.120. The average molecular weight is 458 g/mol. The Hall–Kier alpha value is -2.71. The van der Waals surface area contributed by atoms with Crippen LogP contribution in [0.4, 0.5) is 5.69 Å². The molecule has 1 aliphatic rings. The zero-order valence-electron chi connectivity index (χ0n) is 19.3. The first-order valence-corrected chi connectivity index (χ1v) is 12.2. The number of sulfonamides is 1. The van der Waals surface area contributed by atoms with Gasteiger partial charge in [-0.05, 0) is 69.4 Å². The highest BCUT2D eigenvalue weighted by Gasteiger charge is 2.33. The second-order valence-electron chi connectivity index (χ2n) is 8.50. The predicted molar refractivity (Wildman–Crippen MR) is 125 cm³/mol. The Morgan fingerprint density at radius 2 is 1.53 bits per heavy atom. The highest BCUT2D eigenvalue weighted by molar-refractivity contribution is 7.89. The molecule has 2 aromatic rings. The minimum Gasteiger partial charge on any atom is -0.355 e. The van der Waals surface area contributed by atoms with E-state index in [1.807, 2.05) is 39.8 Å². The van der Waals surface area contributed by atoms with Gasteiger partial charge in [-0.1, -0.05) is 23.8 Å². The van der Waals surface area contributed by atoms with E-state index in [0.717, 1.165) is 22.3 Å². The molecule has 1 aliphatic heterocycles. The van der Waals surface area contributed by atoms with Gasteiger partial charge in [-0.2, -0.15) is 4.31 Å². The topological polar surface area (TPSA) is 95.6 Å². The van der Waals surface area contributed by atoms with E-state index >= 15 is 0 Å². The third-order valence-corrected chi connectivity index (χ3v) is 8.22. The molecule has 0 saturated carbocycles. The number of amides is 2. The molecule has 3 rings (SSSR count). The van der Waals surface area contributed by atoms with Gasteiger partial charge < -0.3 is 10.6 Å². The van der Waals surface area contributed by atoms with E-state index in [4.69, 9.17) is 0 Å². The summed E-state index contributed by atoms with van der Waals surface area (Å²) in [5, 5.41) is 5.50. The van der Waals surface area contributed by atoms with E-state index in [1.165, 1.54) is 4.31 Å². The van der Waals surface area contributed by atoms with Gasteiger partial charge in [0.15, 0.2) is 0 Å². The number of hydrogen-bond donors (Lipinski definition) is 2. The smallest absolute Gasteiger partial charge is 0.251 e. The van der Waals surface area contributed by atoms with Crippen molar-refractivity contribution in [3.63, 3.8) is 0 Å². The average Bonchev–Trinajstić information content (AvgIpc) is 2.73. The number of aryl methyl sites for hydroxylation is 4. The Kier molecular flexibility index (Phi) is 7.05. The molecular formula is C24H31N3O4S. The number of carbonyl (C=O) groups is 2. The minimum absolute atomic E-state index is 0.151. The molecule has 0 aliphatic carbocycles. The summed E-state index contributed by atoms with van der Waals surface area (Å²) in [6, 6.07) is 8.93. The maximum absolute atomic E-state index is 13.3. The summed E-state index contributed by atoms with van der Waals surface area (Å²) in [6.45, 7) is 8.05. The van der Waals surface area contributed by atoms with Crippen LogP contribution in [0.15, 0.2) is 35.2 Å². The van der Waals surface area contributed by atoms with Gasteiger partial charge in [-0.25, -0.2) is 8.42 Å². The molecule has 0 aromatic heterocycles. The SMILES string of the molecule is CNC(=O)c1ccc(C)c(NC(=O)C2CCN(S(=O)(=O)c3c(C)cc(C)cc3C)CC2)c1. The van der Waals surface area contributed by atoms with Gasteiger partial charge in [0, 0.05) is 37.3 Å². The van der Waals surface area contributed by atoms with Crippen LogP contribution in [0.1, 0.15) is 45.5 Å². The van der Waals surface area contributed by atoms with E-state index in [2.05, 4.69) is 10.6 Å². The molecule has 0 atom stereocenters. The molecule has 32 heavy (non-hydrogen) atoms. The van der Waals surface area contributed by atoms with Gasteiger partial charge in [0.25, 0.3) is 5.91 Å². The first-order chi connectivity index (χ1) is 15.0. The Morgan fingerprint density at radius 1 is 0.938 bits per heavy atom. The first kappa shape index (κ1) is 23.9. The summed E-state index contributed by atoms with van der Waals surface area (Å²) in [5.41, 5.74) is 4.44.